The van der Waals surface area contributed by atoms with E-state index in [2.05, 4.69) is 31.9 Å². The molecule has 4 nitrogen and oxygen atoms in total. The van der Waals surface area contributed by atoms with Gasteiger partial charge in [0.2, 0.25) is 0 Å². The van der Waals surface area contributed by atoms with E-state index in [9.17, 15) is 4.79 Å². The Kier molecular flexibility index (Phi) is 4.93. The van der Waals surface area contributed by atoms with Gasteiger partial charge < -0.3 is 4.74 Å². The van der Waals surface area contributed by atoms with Crippen molar-refractivity contribution in [3.8, 4) is 0 Å². The number of esters is 1. The van der Waals surface area contributed by atoms with Crippen LogP contribution in [0.2, 0.25) is 0 Å². The zero-order valence-corrected chi connectivity index (χ0v) is 12.9. The van der Waals surface area contributed by atoms with E-state index in [0.29, 0.717) is 0 Å². The topological polar surface area (TPSA) is 42.4 Å². The normalized spacial score (nSPS) is 17.4. The highest BCUT2D eigenvalue weighted by Crippen LogP contribution is 2.21. The summed E-state index contributed by atoms with van der Waals surface area (Å²) < 4.78 is 5.70. The van der Waals surface area contributed by atoms with Crippen molar-refractivity contribution < 1.29 is 9.53 Å². The van der Waals surface area contributed by atoms with Crippen LogP contribution in [0.1, 0.15) is 24.0 Å². The van der Waals surface area contributed by atoms with Gasteiger partial charge in [-0.15, -0.1) is 0 Å². The Labute approximate surface area is 122 Å². The van der Waals surface area contributed by atoms with Gasteiger partial charge >= 0.3 is 5.97 Å². The largest absolute Gasteiger partial charge is 0.469 e. The van der Waals surface area contributed by atoms with E-state index in [0.717, 1.165) is 42.6 Å². The number of rotatable bonds is 3. The van der Waals surface area contributed by atoms with Gasteiger partial charge in [0, 0.05) is 12.7 Å². The molecule has 104 valence electrons. The maximum atomic E-state index is 11.5. The van der Waals surface area contributed by atoms with Crippen LogP contribution in [0.4, 0.5) is 0 Å². The molecule has 1 aliphatic rings. The SMILES string of the molecule is COC(=O)C1CCN(Cc2cnc(Br)c(C)c2)CC1. The summed E-state index contributed by atoms with van der Waals surface area (Å²) in [6.07, 6.45) is 3.68. The number of aryl methyl sites for hydroxylation is 1. The molecule has 0 aromatic carbocycles. The van der Waals surface area contributed by atoms with Crippen molar-refractivity contribution >= 4 is 21.9 Å². The van der Waals surface area contributed by atoms with Crippen molar-refractivity contribution in [3.05, 3.63) is 28.0 Å². The molecule has 0 atom stereocenters. The van der Waals surface area contributed by atoms with E-state index >= 15 is 0 Å². The summed E-state index contributed by atoms with van der Waals surface area (Å²) in [5, 5.41) is 0. The smallest absolute Gasteiger partial charge is 0.308 e. The molecular weight excluding hydrogens is 308 g/mol. The van der Waals surface area contributed by atoms with E-state index in [4.69, 9.17) is 4.74 Å². The lowest BCUT2D eigenvalue weighted by molar-refractivity contribution is -0.147. The summed E-state index contributed by atoms with van der Waals surface area (Å²) in [6.45, 7) is 4.82. The predicted molar refractivity (Wildman–Crippen MR) is 76.7 cm³/mol. The first-order valence-corrected chi connectivity index (χ1v) is 7.30. The molecular formula is C14H19BrN2O2. The third-order valence-electron chi connectivity index (χ3n) is 3.60. The molecule has 0 spiro atoms. The number of likely N-dealkylation sites (tertiary alicyclic amines) is 1. The Hall–Kier alpha value is -0.940. The van der Waals surface area contributed by atoms with E-state index in [1.54, 1.807) is 0 Å². The van der Waals surface area contributed by atoms with Gasteiger partial charge in [0.05, 0.1) is 13.0 Å². The maximum Gasteiger partial charge on any atom is 0.308 e. The van der Waals surface area contributed by atoms with Gasteiger partial charge in [-0.05, 0) is 59.9 Å². The van der Waals surface area contributed by atoms with Crippen LogP contribution in [-0.4, -0.2) is 36.1 Å². The molecule has 0 N–H and O–H groups in total. The van der Waals surface area contributed by atoms with Crippen molar-refractivity contribution in [1.82, 2.24) is 9.88 Å². The molecule has 0 aliphatic carbocycles. The number of nitrogens with zero attached hydrogens (tertiary/aromatic N) is 2. The van der Waals surface area contributed by atoms with Crippen LogP contribution in [0, 0.1) is 12.8 Å². The van der Waals surface area contributed by atoms with Crippen LogP contribution >= 0.6 is 15.9 Å². The van der Waals surface area contributed by atoms with Gasteiger partial charge in [-0.1, -0.05) is 6.07 Å². The quantitative estimate of drug-likeness (QED) is 0.632. The molecule has 1 fully saturated rings. The van der Waals surface area contributed by atoms with Crippen molar-refractivity contribution in [3.63, 3.8) is 0 Å². The molecule has 0 unspecified atom stereocenters. The minimum atomic E-state index is -0.0687. The van der Waals surface area contributed by atoms with Gasteiger partial charge in [0.1, 0.15) is 4.60 Å². The van der Waals surface area contributed by atoms with Gasteiger partial charge in [-0.2, -0.15) is 0 Å². The number of hydrogen-bond donors (Lipinski definition) is 0. The minimum Gasteiger partial charge on any atom is -0.469 e. The number of pyridine rings is 1. The fourth-order valence-corrected chi connectivity index (χ4v) is 2.67. The molecule has 1 aromatic rings. The third-order valence-corrected chi connectivity index (χ3v) is 4.43. The average molecular weight is 327 g/mol. The number of piperidine rings is 1. The van der Waals surface area contributed by atoms with Gasteiger partial charge in [-0.3, -0.25) is 9.69 Å². The molecule has 1 saturated heterocycles. The summed E-state index contributed by atoms with van der Waals surface area (Å²) in [5.41, 5.74) is 2.37. The summed E-state index contributed by atoms with van der Waals surface area (Å²) in [7, 11) is 1.46. The van der Waals surface area contributed by atoms with Gasteiger partial charge in [0.25, 0.3) is 0 Å². The van der Waals surface area contributed by atoms with Gasteiger partial charge in [-0.25, -0.2) is 4.98 Å². The number of carbonyl (C=O) groups is 1. The number of ether oxygens (including phenoxy) is 1. The van der Waals surface area contributed by atoms with E-state index in [1.165, 1.54) is 12.7 Å². The lowest BCUT2D eigenvalue weighted by atomic mass is 9.97. The second kappa shape index (κ2) is 6.48. The van der Waals surface area contributed by atoms with Gasteiger partial charge in [0.15, 0.2) is 0 Å². The van der Waals surface area contributed by atoms with Crippen LogP contribution < -0.4 is 0 Å². The van der Waals surface area contributed by atoms with Crippen LogP contribution in [0.3, 0.4) is 0 Å². The van der Waals surface area contributed by atoms with Crippen molar-refractivity contribution in [1.29, 1.82) is 0 Å². The average Bonchev–Trinajstić information content (AvgIpc) is 2.43. The first kappa shape index (κ1) is 14.5. The third kappa shape index (κ3) is 3.76. The van der Waals surface area contributed by atoms with Crippen LogP contribution in [0.15, 0.2) is 16.9 Å². The molecule has 1 aromatic heterocycles. The molecule has 1 aliphatic heterocycles. The molecule has 2 rings (SSSR count). The second-order valence-electron chi connectivity index (χ2n) is 5.02. The second-order valence-corrected chi connectivity index (χ2v) is 5.78. The molecule has 0 bridgehead atoms. The molecule has 0 amide bonds. The first-order valence-electron chi connectivity index (χ1n) is 6.51. The Morgan fingerprint density at radius 3 is 2.79 bits per heavy atom. The van der Waals surface area contributed by atoms with E-state index in [1.807, 2.05) is 13.1 Å². The summed E-state index contributed by atoms with van der Waals surface area (Å²) >= 11 is 3.41. The lowest BCUT2D eigenvalue weighted by Crippen LogP contribution is -2.36. The number of hydrogen-bond acceptors (Lipinski definition) is 4. The monoisotopic (exact) mass is 326 g/mol. The van der Waals surface area contributed by atoms with Crippen LogP contribution in [-0.2, 0) is 16.1 Å². The molecule has 0 radical (unpaired) electrons. The van der Waals surface area contributed by atoms with E-state index < -0.39 is 0 Å². The Morgan fingerprint density at radius 2 is 2.21 bits per heavy atom. The standard InChI is InChI=1S/C14H19BrN2O2/c1-10-7-11(8-16-13(10)15)9-17-5-3-12(4-6-17)14(18)19-2/h7-8,12H,3-6,9H2,1-2H3. The molecule has 2 heterocycles. The molecule has 5 heteroatoms. The Bertz CT molecular complexity index is 457. The Balaban J connectivity index is 1.88. The molecule has 0 saturated carbocycles. The number of halogens is 1. The maximum absolute atomic E-state index is 11.5. The van der Waals surface area contributed by atoms with Crippen molar-refractivity contribution in [2.24, 2.45) is 5.92 Å². The lowest BCUT2D eigenvalue weighted by Gasteiger charge is -2.30. The van der Waals surface area contributed by atoms with E-state index in [-0.39, 0.29) is 11.9 Å². The highest BCUT2D eigenvalue weighted by atomic mass is 79.9. The number of aromatic nitrogens is 1. The predicted octanol–water partition coefficient (Wildman–Crippen LogP) is 2.54. The zero-order chi connectivity index (χ0) is 13.8. The summed E-state index contributed by atoms with van der Waals surface area (Å²) in [4.78, 5) is 18.1. The first-order chi connectivity index (χ1) is 9.10. The zero-order valence-electron chi connectivity index (χ0n) is 11.4. The number of carbonyl (C=O) groups excluding carboxylic acids is 1. The fraction of sp³-hybridized carbons (Fsp3) is 0.571. The van der Waals surface area contributed by atoms with Crippen LogP contribution in [0.5, 0.6) is 0 Å². The van der Waals surface area contributed by atoms with Crippen molar-refractivity contribution in [2.75, 3.05) is 20.2 Å². The number of methoxy groups -OCH3 is 1. The fourth-order valence-electron chi connectivity index (χ4n) is 2.45. The summed E-state index contributed by atoms with van der Waals surface area (Å²) in [6, 6.07) is 2.16. The Morgan fingerprint density at radius 1 is 1.53 bits per heavy atom. The highest BCUT2D eigenvalue weighted by Gasteiger charge is 2.25. The van der Waals surface area contributed by atoms with Crippen molar-refractivity contribution in [2.45, 2.75) is 26.3 Å². The summed E-state index contributed by atoms with van der Waals surface area (Å²) in [5.74, 6) is 0.00633. The highest BCUT2D eigenvalue weighted by molar-refractivity contribution is 9.10. The van der Waals surface area contributed by atoms with Crippen LogP contribution in [0.25, 0.3) is 0 Å². The minimum absolute atomic E-state index is 0.0687. The molecule has 19 heavy (non-hydrogen) atoms.